The van der Waals surface area contributed by atoms with Crippen molar-refractivity contribution in [3.8, 4) is 5.75 Å². The molecule has 3 N–H and O–H groups in total. The lowest BCUT2D eigenvalue weighted by molar-refractivity contribution is 0.411. The Balaban J connectivity index is 2.66. The van der Waals surface area contributed by atoms with E-state index in [4.69, 9.17) is 10.5 Å². The van der Waals surface area contributed by atoms with Crippen LogP contribution in [0, 0.1) is 5.92 Å². The fourth-order valence-corrected chi connectivity index (χ4v) is 2.60. The van der Waals surface area contributed by atoms with Crippen LogP contribution in [0.1, 0.15) is 19.4 Å². The second kappa shape index (κ2) is 7.74. The molecule has 7 heteroatoms. The molecule has 0 bridgehead atoms. The summed E-state index contributed by atoms with van der Waals surface area (Å²) in [5.74, 6) is 0.921. The number of nitrogens with zero attached hydrogens (tertiary/aromatic N) is 1. The van der Waals surface area contributed by atoms with Crippen LogP contribution in [0.2, 0.25) is 0 Å². The molecule has 1 aromatic carbocycles. The molecule has 0 fully saturated rings. The molecule has 120 valence electrons. The van der Waals surface area contributed by atoms with Crippen molar-refractivity contribution in [1.29, 1.82) is 0 Å². The fourth-order valence-electron chi connectivity index (χ4n) is 1.66. The summed E-state index contributed by atoms with van der Waals surface area (Å²) in [7, 11) is -0.436. The summed E-state index contributed by atoms with van der Waals surface area (Å²) >= 11 is 0. The third kappa shape index (κ3) is 5.62. The van der Waals surface area contributed by atoms with Gasteiger partial charge in [0, 0.05) is 26.2 Å². The lowest BCUT2D eigenvalue weighted by Crippen LogP contribution is -2.45. The summed E-state index contributed by atoms with van der Waals surface area (Å²) in [6.45, 7) is 4.41. The van der Waals surface area contributed by atoms with Gasteiger partial charge in [0.1, 0.15) is 5.75 Å². The van der Waals surface area contributed by atoms with Gasteiger partial charge in [0.15, 0.2) is 0 Å². The van der Waals surface area contributed by atoms with Crippen LogP contribution in [0.4, 0.5) is 0 Å². The first-order valence-corrected chi connectivity index (χ1v) is 8.29. The van der Waals surface area contributed by atoms with E-state index in [1.807, 2.05) is 38.1 Å². The molecule has 1 atom stereocenters. The van der Waals surface area contributed by atoms with Gasteiger partial charge in [-0.05, 0) is 23.6 Å². The Morgan fingerprint density at radius 2 is 2.05 bits per heavy atom. The lowest BCUT2D eigenvalue weighted by atomic mass is 10.1. The van der Waals surface area contributed by atoms with Crippen molar-refractivity contribution in [2.24, 2.45) is 11.7 Å². The number of nitrogens with two attached hydrogens (primary N) is 1. The third-order valence-electron chi connectivity index (χ3n) is 3.31. The molecule has 0 aliphatic heterocycles. The molecule has 0 amide bonds. The van der Waals surface area contributed by atoms with E-state index in [1.165, 1.54) is 11.4 Å². The van der Waals surface area contributed by atoms with Gasteiger partial charge >= 0.3 is 0 Å². The monoisotopic (exact) mass is 315 g/mol. The van der Waals surface area contributed by atoms with Crippen LogP contribution in [0.25, 0.3) is 0 Å². The number of benzene rings is 1. The van der Waals surface area contributed by atoms with Gasteiger partial charge in [-0.2, -0.15) is 12.7 Å². The first kappa shape index (κ1) is 17.9. The van der Waals surface area contributed by atoms with E-state index < -0.39 is 10.2 Å². The Hall–Kier alpha value is -1.15. The number of nitrogens with one attached hydrogen (secondary N) is 1. The van der Waals surface area contributed by atoms with Crippen molar-refractivity contribution in [3.05, 3.63) is 29.8 Å². The minimum Gasteiger partial charge on any atom is -0.497 e. The maximum absolute atomic E-state index is 12.1. The summed E-state index contributed by atoms with van der Waals surface area (Å²) in [4.78, 5) is 0. The molecule has 0 saturated heterocycles. The summed E-state index contributed by atoms with van der Waals surface area (Å²) in [5.41, 5.74) is 6.71. The van der Waals surface area contributed by atoms with E-state index in [2.05, 4.69) is 4.72 Å². The second-order valence-electron chi connectivity index (χ2n) is 5.37. The third-order valence-corrected chi connectivity index (χ3v) is 4.79. The van der Waals surface area contributed by atoms with Crippen LogP contribution in [0.5, 0.6) is 5.75 Å². The Morgan fingerprint density at radius 1 is 1.38 bits per heavy atom. The highest BCUT2D eigenvalue weighted by atomic mass is 32.2. The van der Waals surface area contributed by atoms with E-state index in [-0.39, 0.29) is 25.0 Å². The van der Waals surface area contributed by atoms with E-state index in [1.54, 1.807) is 7.11 Å². The zero-order valence-corrected chi connectivity index (χ0v) is 13.9. The van der Waals surface area contributed by atoms with E-state index in [9.17, 15) is 8.42 Å². The highest BCUT2D eigenvalue weighted by molar-refractivity contribution is 7.87. The largest absolute Gasteiger partial charge is 0.497 e. The first-order valence-electron chi connectivity index (χ1n) is 6.85. The van der Waals surface area contributed by atoms with Crippen molar-refractivity contribution in [2.75, 3.05) is 20.7 Å². The van der Waals surface area contributed by atoms with Crippen LogP contribution < -0.4 is 15.2 Å². The molecule has 0 radical (unpaired) electrons. The zero-order chi connectivity index (χ0) is 16.0. The molecule has 6 nitrogen and oxygen atoms in total. The molecule has 0 aliphatic carbocycles. The average Bonchev–Trinajstić information content (AvgIpc) is 2.44. The van der Waals surface area contributed by atoms with Gasteiger partial charge < -0.3 is 10.5 Å². The van der Waals surface area contributed by atoms with Crippen LogP contribution in [-0.2, 0) is 16.8 Å². The van der Waals surface area contributed by atoms with Gasteiger partial charge in [-0.1, -0.05) is 26.0 Å². The average molecular weight is 315 g/mol. The lowest BCUT2D eigenvalue weighted by Gasteiger charge is -2.21. The predicted octanol–water partition coefficient (Wildman–Crippen LogP) is 0.945. The summed E-state index contributed by atoms with van der Waals surface area (Å²) < 4.78 is 33.2. The van der Waals surface area contributed by atoms with E-state index >= 15 is 0 Å². The molecular weight excluding hydrogens is 290 g/mol. The molecule has 1 aromatic rings. The molecule has 0 aromatic heterocycles. The van der Waals surface area contributed by atoms with Crippen LogP contribution in [-0.4, -0.2) is 39.5 Å². The number of rotatable bonds is 8. The van der Waals surface area contributed by atoms with Crippen molar-refractivity contribution in [1.82, 2.24) is 9.03 Å². The maximum atomic E-state index is 12.1. The van der Waals surface area contributed by atoms with Crippen LogP contribution in [0.15, 0.2) is 24.3 Å². The minimum absolute atomic E-state index is 0.204. The van der Waals surface area contributed by atoms with E-state index in [0.717, 1.165) is 5.56 Å². The van der Waals surface area contributed by atoms with Gasteiger partial charge in [0.2, 0.25) is 0 Å². The Morgan fingerprint density at radius 3 is 2.62 bits per heavy atom. The van der Waals surface area contributed by atoms with Crippen molar-refractivity contribution >= 4 is 10.2 Å². The molecule has 1 rings (SSSR count). The normalized spacial score (nSPS) is 13.7. The summed E-state index contributed by atoms with van der Waals surface area (Å²) in [6.07, 6.45) is 0. The second-order valence-corrected chi connectivity index (χ2v) is 7.23. The van der Waals surface area contributed by atoms with Crippen molar-refractivity contribution < 1.29 is 13.2 Å². The molecule has 1 unspecified atom stereocenters. The van der Waals surface area contributed by atoms with Gasteiger partial charge in [-0.3, -0.25) is 0 Å². The molecular formula is C14H25N3O3S. The molecule has 0 spiro atoms. The van der Waals surface area contributed by atoms with Crippen LogP contribution >= 0.6 is 0 Å². The minimum atomic E-state index is -3.54. The number of hydrogen-bond acceptors (Lipinski definition) is 4. The molecule has 0 saturated carbocycles. The zero-order valence-electron chi connectivity index (χ0n) is 13.0. The smallest absolute Gasteiger partial charge is 0.279 e. The standard InChI is InChI=1S/C14H25N3O3S/c1-11(2)14(15)9-16-21(18,19)17(3)10-12-6-5-7-13(8-12)20-4/h5-8,11,14,16H,9-10,15H2,1-4H3. The molecule has 0 aliphatic rings. The van der Waals surface area contributed by atoms with Crippen molar-refractivity contribution in [3.63, 3.8) is 0 Å². The number of methoxy groups -OCH3 is 1. The van der Waals surface area contributed by atoms with Crippen molar-refractivity contribution in [2.45, 2.75) is 26.4 Å². The Kier molecular flexibility index (Phi) is 6.60. The highest BCUT2D eigenvalue weighted by Gasteiger charge is 2.19. The van der Waals surface area contributed by atoms with Gasteiger partial charge in [0.05, 0.1) is 7.11 Å². The van der Waals surface area contributed by atoms with Crippen LogP contribution in [0.3, 0.4) is 0 Å². The molecule has 0 heterocycles. The molecule has 21 heavy (non-hydrogen) atoms. The van der Waals surface area contributed by atoms with Gasteiger partial charge in [0.25, 0.3) is 10.2 Å². The maximum Gasteiger partial charge on any atom is 0.279 e. The summed E-state index contributed by atoms with van der Waals surface area (Å²) in [6, 6.07) is 7.11. The number of ether oxygens (including phenoxy) is 1. The summed E-state index contributed by atoms with van der Waals surface area (Å²) in [5, 5.41) is 0. The van der Waals surface area contributed by atoms with Gasteiger partial charge in [-0.25, -0.2) is 4.72 Å². The SMILES string of the molecule is COc1cccc(CN(C)S(=O)(=O)NCC(N)C(C)C)c1. The highest BCUT2D eigenvalue weighted by Crippen LogP contribution is 2.14. The topological polar surface area (TPSA) is 84.7 Å². The predicted molar refractivity (Wildman–Crippen MR) is 84.2 cm³/mol. The number of hydrogen-bond donors (Lipinski definition) is 2. The first-order chi connectivity index (χ1) is 9.76. The van der Waals surface area contributed by atoms with E-state index in [0.29, 0.717) is 5.75 Å². The Labute approximate surface area is 127 Å². The van der Waals surface area contributed by atoms with Gasteiger partial charge in [-0.15, -0.1) is 0 Å². The fraction of sp³-hybridized carbons (Fsp3) is 0.571. The quantitative estimate of drug-likeness (QED) is 0.748. The Bertz CT molecular complexity index is 546.